The molecule has 4 nitrogen and oxygen atoms in total. The molecular formula is C11H16F3NO3Sn. The van der Waals surface area contributed by atoms with Crippen molar-refractivity contribution in [2.75, 3.05) is 19.8 Å². The molecule has 1 aromatic carbocycles. The third-order valence-corrected chi connectivity index (χ3v) is 3.42. The first kappa shape index (κ1) is 18.6. The SMILES string of the molecule is Fc1cc(F)c([CH2][SnH])c(F)c1.NC(CO)(CO)CO. The smallest absolute Gasteiger partial charge is 0.0856 e. The third kappa shape index (κ3) is 6.09. The second kappa shape index (κ2) is 8.75. The Balaban J connectivity index is 0.000000362. The van der Waals surface area contributed by atoms with Gasteiger partial charge in [0.05, 0.1) is 25.4 Å². The number of benzene rings is 1. The van der Waals surface area contributed by atoms with Crippen LogP contribution in [0.5, 0.6) is 0 Å². The van der Waals surface area contributed by atoms with Crippen LogP contribution >= 0.6 is 0 Å². The van der Waals surface area contributed by atoms with Gasteiger partial charge in [-0.3, -0.25) is 0 Å². The molecule has 0 fully saturated rings. The van der Waals surface area contributed by atoms with Crippen molar-refractivity contribution in [3.05, 3.63) is 35.1 Å². The van der Waals surface area contributed by atoms with Crippen LogP contribution in [0, 0.1) is 17.5 Å². The minimum Gasteiger partial charge on any atom is -0.394 e. The van der Waals surface area contributed by atoms with E-state index in [0.717, 1.165) is 22.5 Å². The van der Waals surface area contributed by atoms with Crippen LogP contribution < -0.4 is 5.73 Å². The zero-order valence-electron chi connectivity index (χ0n) is 10.1. The number of hydrogen-bond acceptors (Lipinski definition) is 4. The summed E-state index contributed by atoms with van der Waals surface area (Å²) < 4.78 is 37.9. The van der Waals surface area contributed by atoms with Crippen LogP contribution in [-0.2, 0) is 4.44 Å². The molecule has 0 amide bonds. The maximum atomic E-state index is 12.7. The molecule has 0 saturated carbocycles. The van der Waals surface area contributed by atoms with E-state index in [1.165, 1.54) is 0 Å². The van der Waals surface area contributed by atoms with Crippen molar-refractivity contribution < 1.29 is 28.5 Å². The Kier molecular flexibility index (Phi) is 8.59. The van der Waals surface area contributed by atoms with Gasteiger partial charge < -0.3 is 21.1 Å². The topological polar surface area (TPSA) is 86.7 Å². The van der Waals surface area contributed by atoms with Gasteiger partial charge in [-0.15, -0.1) is 0 Å². The molecule has 2 radical (unpaired) electrons. The first-order valence-corrected chi connectivity index (χ1v) is 7.61. The Bertz CT molecular complexity index is 372. The summed E-state index contributed by atoms with van der Waals surface area (Å²) in [6, 6.07) is 1.41. The van der Waals surface area contributed by atoms with Crippen LogP contribution in [0.4, 0.5) is 13.2 Å². The van der Waals surface area contributed by atoms with Gasteiger partial charge in [-0.05, 0) is 0 Å². The molecule has 19 heavy (non-hydrogen) atoms. The summed E-state index contributed by atoms with van der Waals surface area (Å²) in [6.07, 6.45) is 0. The molecule has 0 spiro atoms. The van der Waals surface area contributed by atoms with E-state index in [-0.39, 0.29) is 5.56 Å². The number of hydrogen-bond donors (Lipinski definition) is 4. The molecule has 108 valence electrons. The minimum atomic E-state index is -1.21. The average molecular weight is 386 g/mol. The standard InChI is InChI=1S/C7H4F3.C4H11NO3.Sn.H/c1-4-6(9)2-5(8)3-7(4)10;5-4(1-6,2-7)3-8;;/h2-3H,1H2;6-8H,1-3,5H2;;. The zero-order chi connectivity index (χ0) is 15.1. The number of aliphatic hydroxyl groups is 3. The van der Waals surface area contributed by atoms with Crippen molar-refractivity contribution in [3.63, 3.8) is 0 Å². The van der Waals surface area contributed by atoms with E-state index in [0.29, 0.717) is 16.6 Å². The Hall–Kier alpha value is -0.351. The molecule has 0 bridgehead atoms. The molecule has 0 aliphatic heterocycles. The van der Waals surface area contributed by atoms with Gasteiger partial charge in [0.25, 0.3) is 0 Å². The molecule has 0 aromatic heterocycles. The molecule has 1 aromatic rings. The molecular weight excluding hydrogens is 370 g/mol. The van der Waals surface area contributed by atoms with E-state index in [1.807, 2.05) is 0 Å². The number of rotatable bonds is 4. The molecule has 8 heteroatoms. The molecule has 0 saturated heterocycles. The number of aliphatic hydroxyl groups excluding tert-OH is 3. The molecule has 0 unspecified atom stereocenters. The third-order valence-electron chi connectivity index (χ3n) is 2.25. The summed E-state index contributed by atoms with van der Waals surface area (Å²) in [7, 11) is 0. The van der Waals surface area contributed by atoms with Gasteiger partial charge in [0.1, 0.15) is 0 Å². The first-order chi connectivity index (χ1) is 8.83. The quantitative estimate of drug-likeness (QED) is 0.509. The minimum absolute atomic E-state index is 0.00574. The Labute approximate surface area is 122 Å². The largest absolute Gasteiger partial charge is 0.394 e. The molecule has 5 N–H and O–H groups in total. The normalized spacial score (nSPS) is 10.9. The van der Waals surface area contributed by atoms with E-state index in [2.05, 4.69) is 0 Å². The van der Waals surface area contributed by atoms with Gasteiger partial charge in [-0.1, -0.05) is 0 Å². The Morgan fingerprint density at radius 2 is 1.37 bits per heavy atom. The predicted octanol–water partition coefficient (Wildman–Crippen LogP) is -0.835. The van der Waals surface area contributed by atoms with Crippen molar-refractivity contribution in [1.29, 1.82) is 0 Å². The summed E-state index contributed by atoms with van der Waals surface area (Å²) in [5, 5.41) is 25.0. The monoisotopic (exact) mass is 387 g/mol. The van der Waals surface area contributed by atoms with Gasteiger partial charge >= 0.3 is 75.3 Å². The zero-order valence-corrected chi connectivity index (χ0v) is 13.4. The predicted molar refractivity (Wildman–Crippen MR) is 65.3 cm³/mol. The second-order valence-electron chi connectivity index (χ2n) is 3.89. The van der Waals surface area contributed by atoms with Crippen molar-refractivity contribution in [3.8, 4) is 0 Å². The Morgan fingerprint density at radius 3 is 1.58 bits per heavy atom. The molecule has 0 aliphatic rings. The second-order valence-corrected chi connectivity index (χ2v) is 5.05. The summed E-state index contributed by atoms with van der Waals surface area (Å²) in [5.41, 5.74) is 3.93. The van der Waals surface area contributed by atoms with Gasteiger partial charge in [0.2, 0.25) is 0 Å². The van der Waals surface area contributed by atoms with Crippen LogP contribution in [0.25, 0.3) is 0 Å². The summed E-state index contributed by atoms with van der Waals surface area (Å²) in [4.78, 5) is 0. The maximum Gasteiger partial charge on any atom is 0.0856 e. The van der Waals surface area contributed by atoms with Crippen molar-refractivity contribution >= 4 is 22.5 Å². The van der Waals surface area contributed by atoms with Crippen LogP contribution in [0.15, 0.2) is 12.1 Å². The fourth-order valence-corrected chi connectivity index (χ4v) is 2.03. The van der Waals surface area contributed by atoms with E-state index < -0.39 is 42.8 Å². The van der Waals surface area contributed by atoms with E-state index >= 15 is 0 Å². The summed E-state index contributed by atoms with van der Waals surface area (Å²) >= 11 is 0.729. The van der Waals surface area contributed by atoms with E-state index in [1.54, 1.807) is 0 Å². The van der Waals surface area contributed by atoms with Gasteiger partial charge in [0.15, 0.2) is 0 Å². The van der Waals surface area contributed by atoms with Crippen LogP contribution in [0.3, 0.4) is 0 Å². The van der Waals surface area contributed by atoms with Crippen LogP contribution in [0.2, 0.25) is 0 Å². The fourth-order valence-electron chi connectivity index (χ4n) is 0.917. The van der Waals surface area contributed by atoms with Crippen LogP contribution in [-0.4, -0.2) is 63.2 Å². The maximum absolute atomic E-state index is 12.7. The van der Waals surface area contributed by atoms with Crippen LogP contribution in [0.1, 0.15) is 5.56 Å². The molecule has 0 aliphatic carbocycles. The molecule has 0 heterocycles. The van der Waals surface area contributed by atoms with Crippen molar-refractivity contribution in [2.24, 2.45) is 5.73 Å². The summed E-state index contributed by atoms with van der Waals surface area (Å²) in [5.74, 6) is -2.43. The van der Waals surface area contributed by atoms with E-state index in [9.17, 15) is 13.2 Å². The van der Waals surface area contributed by atoms with Gasteiger partial charge in [0, 0.05) is 0 Å². The molecule has 0 atom stereocenters. The average Bonchev–Trinajstić information content (AvgIpc) is 2.38. The van der Waals surface area contributed by atoms with Gasteiger partial charge in [-0.2, -0.15) is 0 Å². The number of halogens is 3. The van der Waals surface area contributed by atoms with Crippen molar-refractivity contribution in [2.45, 2.75) is 9.98 Å². The van der Waals surface area contributed by atoms with Gasteiger partial charge in [-0.25, -0.2) is 0 Å². The summed E-state index contributed by atoms with van der Waals surface area (Å²) in [6.45, 7) is -1.21. The fraction of sp³-hybridized carbons (Fsp3) is 0.455. The number of nitrogens with two attached hydrogens (primary N) is 1. The van der Waals surface area contributed by atoms with Crippen molar-refractivity contribution in [1.82, 2.24) is 0 Å². The Morgan fingerprint density at radius 1 is 1.00 bits per heavy atom. The van der Waals surface area contributed by atoms with E-state index in [4.69, 9.17) is 21.1 Å². The molecule has 1 rings (SSSR count). The first-order valence-electron chi connectivity index (χ1n) is 5.28.